The van der Waals surface area contributed by atoms with Crippen LogP contribution >= 0.6 is 23.2 Å². The van der Waals surface area contributed by atoms with Gasteiger partial charge in [-0.2, -0.15) is 0 Å². The molecule has 130 valence electrons. The van der Waals surface area contributed by atoms with Crippen molar-refractivity contribution in [1.29, 1.82) is 0 Å². The molecular weight excluding hydrogens is 361 g/mol. The first-order valence-corrected chi connectivity index (χ1v) is 8.57. The number of benzene rings is 2. The Hall–Kier alpha value is -2.01. The summed E-state index contributed by atoms with van der Waals surface area (Å²) in [6, 6.07) is 12.7. The highest BCUT2D eigenvalue weighted by atomic mass is 35.5. The summed E-state index contributed by atoms with van der Waals surface area (Å²) in [6.07, 6.45) is -0.495. The number of halogens is 2. The molecule has 0 spiro atoms. The van der Waals surface area contributed by atoms with E-state index in [1.165, 1.54) is 0 Å². The second-order valence-electron chi connectivity index (χ2n) is 5.49. The number of aromatic amines is 1. The number of rotatable bonds is 5. The first-order chi connectivity index (χ1) is 12.0. The van der Waals surface area contributed by atoms with Gasteiger partial charge in [0.1, 0.15) is 11.8 Å². The van der Waals surface area contributed by atoms with E-state index in [0.717, 1.165) is 16.5 Å². The van der Waals surface area contributed by atoms with E-state index in [0.29, 0.717) is 21.3 Å². The summed E-state index contributed by atoms with van der Waals surface area (Å²) in [7, 11) is 1.59. The van der Waals surface area contributed by atoms with E-state index in [2.05, 4.69) is 4.98 Å². The predicted octanol–water partition coefficient (Wildman–Crippen LogP) is 5.39. The molecule has 1 unspecified atom stereocenters. The van der Waals surface area contributed by atoms with Crippen molar-refractivity contribution in [2.45, 2.75) is 13.0 Å². The molecule has 2 aromatic carbocycles. The Kier molecular flexibility index (Phi) is 5.33. The maximum absolute atomic E-state index is 12.5. The van der Waals surface area contributed by atoms with E-state index in [4.69, 9.17) is 32.7 Å². The van der Waals surface area contributed by atoms with Crippen molar-refractivity contribution in [3.8, 4) is 0 Å². The summed E-state index contributed by atoms with van der Waals surface area (Å²) in [5.74, 6) is -0.436. The summed E-state index contributed by atoms with van der Waals surface area (Å²) >= 11 is 12.3. The Morgan fingerprint density at radius 1 is 1.16 bits per heavy atom. The first kappa shape index (κ1) is 17.8. The molecule has 1 N–H and O–H groups in total. The Labute approximate surface area is 155 Å². The molecule has 0 aliphatic rings. The monoisotopic (exact) mass is 377 g/mol. The van der Waals surface area contributed by atoms with E-state index in [1.54, 1.807) is 26.2 Å². The first-order valence-electron chi connectivity index (χ1n) is 7.81. The van der Waals surface area contributed by atoms with Gasteiger partial charge in [0, 0.05) is 33.6 Å². The van der Waals surface area contributed by atoms with Crippen LogP contribution in [-0.4, -0.2) is 24.7 Å². The zero-order valence-electron chi connectivity index (χ0n) is 13.8. The maximum atomic E-state index is 12.5. The van der Waals surface area contributed by atoms with Crippen molar-refractivity contribution in [3.63, 3.8) is 0 Å². The standard InChI is InChI=1S/C19H17Cl2NO3/c1-3-25-19(23)17-16(14-10-13(21)7-8-15(14)22-17)18(24-2)11-5-4-6-12(20)9-11/h4-10,18,22H,3H2,1-2H3. The zero-order chi connectivity index (χ0) is 18.0. The molecule has 0 bridgehead atoms. The lowest BCUT2D eigenvalue weighted by molar-refractivity contribution is 0.0512. The number of hydrogen-bond acceptors (Lipinski definition) is 3. The van der Waals surface area contributed by atoms with Crippen molar-refractivity contribution >= 4 is 40.1 Å². The lowest BCUT2D eigenvalue weighted by atomic mass is 9.98. The molecule has 0 aliphatic carbocycles. The zero-order valence-corrected chi connectivity index (χ0v) is 15.3. The van der Waals surface area contributed by atoms with Crippen LogP contribution in [0.4, 0.5) is 0 Å². The number of aromatic nitrogens is 1. The number of fused-ring (bicyclic) bond motifs is 1. The van der Waals surface area contributed by atoms with E-state index < -0.39 is 12.1 Å². The smallest absolute Gasteiger partial charge is 0.355 e. The van der Waals surface area contributed by atoms with E-state index in [-0.39, 0.29) is 6.61 Å². The molecule has 0 aliphatic heterocycles. The van der Waals surface area contributed by atoms with Gasteiger partial charge in [0.2, 0.25) is 0 Å². The number of ether oxygens (including phenoxy) is 2. The molecule has 3 aromatic rings. The Morgan fingerprint density at radius 3 is 2.60 bits per heavy atom. The molecule has 6 heteroatoms. The quantitative estimate of drug-likeness (QED) is 0.606. The van der Waals surface area contributed by atoms with Crippen LogP contribution in [0, 0.1) is 0 Å². The van der Waals surface area contributed by atoms with Gasteiger partial charge >= 0.3 is 5.97 Å². The molecule has 1 heterocycles. The van der Waals surface area contributed by atoms with Crippen LogP contribution in [0.2, 0.25) is 10.0 Å². The van der Waals surface area contributed by atoms with Gasteiger partial charge in [-0.15, -0.1) is 0 Å². The molecular formula is C19H17Cl2NO3. The van der Waals surface area contributed by atoms with Crippen LogP contribution in [0.1, 0.15) is 34.6 Å². The maximum Gasteiger partial charge on any atom is 0.355 e. The van der Waals surface area contributed by atoms with Gasteiger partial charge in [-0.25, -0.2) is 4.79 Å². The van der Waals surface area contributed by atoms with Crippen LogP contribution in [0.5, 0.6) is 0 Å². The summed E-state index contributed by atoms with van der Waals surface area (Å²) < 4.78 is 10.9. The molecule has 1 aromatic heterocycles. The number of carbonyl (C=O) groups excluding carboxylic acids is 1. The SMILES string of the molecule is CCOC(=O)c1[nH]c2ccc(Cl)cc2c1C(OC)c1cccc(Cl)c1. The highest BCUT2D eigenvalue weighted by Crippen LogP contribution is 2.36. The van der Waals surface area contributed by atoms with Crippen LogP contribution in [0.25, 0.3) is 10.9 Å². The Balaban J connectivity index is 2.25. The average molecular weight is 378 g/mol. The van der Waals surface area contributed by atoms with Gasteiger partial charge < -0.3 is 14.5 Å². The highest BCUT2D eigenvalue weighted by Gasteiger charge is 2.27. The van der Waals surface area contributed by atoms with E-state index >= 15 is 0 Å². The third-order valence-corrected chi connectivity index (χ3v) is 4.40. The third-order valence-electron chi connectivity index (χ3n) is 3.93. The normalized spacial score (nSPS) is 12.3. The second-order valence-corrected chi connectivity index (χ2v) is 6.37. The molecule has 0 amide bonds. The highest BCUT2D eigenvalue weighted by molar-refractivity contribution is 6.31. The van der Waals surface area contributed by atoms with Crippen LogP contribution in [0.15, 0.2) is 42.5 Å². The Bertz CT molecular complexity index is 920. The van der Waals surface area contributed by atoms with Crippen molar-refractivity contribution in [1.82, 2.24) is 4.98 Å². The minimum atomic E-state index is -0.495. The predicted molar refractivity (Wildman–Crippen MR) is 99.6 cm³/mol. The summed E-state index contributed by atoms with van der Waals surface area (Å²) in [5.41, 5.74) is 2.65. The van der Waals surface area contributed by atoms with Gasteiger partial charge in [-0.3, -0.25) is 0 Å². The minimum Gasteiger partial charge on any atom is -0.461 e. The molecule has 0 fully saturated rings. The lowest BCUT2D eigenvalue weighted by Crippen LogP contribution is -2.12. The number of esters is 1. The molecule has 0 saturated heterocycles. The number of methoxy groups -OCH3 is 1. The Morgan fingerprint density at radius 2 is 1.92 bits per heavy atom. The van der Waals surface area contributed by atoms with E-state index in [1.807, 2.05) is 30.3 Å². The molecule has 1 atom stereocenters. The van der Waals surface area contributed by atoms with Crippen LogP contribution in [-0.2, 0) is 9.47 Å². The summed E-state index contributed by atoms with van der Waals surface area (Å²) in [5, 5.41) is 1.97. The molecule has 3 rings (SSSR count). The fourth-order valence-electron chi connectivity index (χ4n) is 2.91. The second kappa shape index (κ2) is 7.48. The minimum absolute atomic E-state index is 0.281. The van der Waals surface area contributed by atoms with Gasteiger partial charge in [0.15, 0.2) is 0 Å². The summed E-state index contributed by atoms with van der Waals surface area (Å²) in [6.45, 7) is 2.05. The number of H-pyrrole nitrogens is 1. The number of carbonyl (C=O) groups is 1. The third kappa shape index (κ3) is 3.52. The lowest BCUT2D eigenvalue weighted by Gasteiger charge is -2.17. The van der Waals surface area contributed by atoms with Crippen LogP contribution < -0.4 is 0 Å². The topological polar surface area (TPSA) is 51.3 Å². The van der Waals surface area contributed by atoms with Gasteiger partial charge in [-0.05, 0) is 42.8 Å². The molecule has 0 radical (unpaired) electrons. The molecule has 4 nitrogen and oxygen atoms in total. The largest absolute Gasteiger partial charge is 0.461 e. The van der Waals surface area contributed by atoms with E-state index in [9.17, 15) is 4.79 Å². The number of nitrogens with one attached hydrogen (secondary N) is 1. The number of hydrogen-bond donors (Lipinski definition) is 1. The fourth-order valence-corrected chi connectivity index (χ4v) is 3.28. The van der Waals surface area contributed by atoms with Crippen molar-refractivity contribution in [2.24, 2.45) is 0 Å². The average Bonchev–Trinajstić information content (AvgIpc) is 2.95. The van der Waals surface area contributed by atoms with Crippen molar-refractivity contribution in [3.05, 3.63) is 69.3 Å². The van der Waals surface area contributed by atoms with Gasteiger partial charge in [-0.1, -0.05) is 35.3 Å². The van der Waals surface area contributed by atoms with Crippen molar-refractivity contribution in [2.75, 3.05) is 13.7 Å². The van der Waals surface area contributed by atoms with Crippen molar-refractivity contribution < 1.29 is 14.3 Å². The van der Waals surface area contributed by atoms with Gasteiger partial charge in [0.05, 0.1) is 6.61 Å². The molecule has 25 heavy (non-hydrogen) atoms. The fraction of sp³-hybridized carbons (Fsp3) is 0.211. The summed E-state index contributed by atoms with van der Waals surface area (Å²) in [4.78, 5) is 15.6. The molecule has 0 saturated carbocycles. The van der Waals surface area contributed by atoms with Crippen LogP contribution in [0.3, 0.4) is 0 Å². The van der Waals surface area contributed by atoms with Gasteiger partial charge in [0.25, 0.3) is 0 Å².